The fourth-order valence-electron chi connectivity index (χ4n) is 18.3. The first-order valence-electron chi connectivity index (χ1n) is 39.9. The average molecular weight is 1490 g/mol. The van der Waals surface area contributed by atoms with Crippen molar-refractivity contribution in [1.82, 2.24) is 9.13 Å². The van der Waals surface area contributed by atoms with Crippen molar-refractivity contribution in [2.75, 3.05) is 9.80 Å². The van der Waals surface area contributed by atoms with E-state index >= 15 is 0 Å². The predicted octanol–water partition coefficient (Wildman–Crippen LogP) is 31.6. The number of anilines is 6. The molecule has 0 saturated heterocycles. The van der Waals surface area contributed by atoms with Crippen LogP contribution in [0.25, 0.3) is 154 Å². The molecule has 0 aliphatic carbocycles. The molecular weight excluding hydrogens is 1400 g/mol. The van der Waals surface area contributed by atoms with Crippen LogP contribution in [0, 0.1) is 34.6 Å². The molecule has 0 saturated carbocycles. The standard InChI is InChI=1S/C59H44N2.C52H38N2.CH4/c1-39-35-40(2)37-48(36-39)60(45-16-5-4-6-17-45)47-33-34-57-55(38-47)50-19-13-14-24-56(50)61(57)46-31-29-44(30-32-46)59-53-22-11-9-20-51(53)58(52-21-10-12-23-54(52)59)43-27-25-42(26-28-43)49-18-8-7-15-41(49)3;1-35-15-14-19-40(33-35)53(38-17-4-3-5-18-38)41-31-32-50-48(34-41)43-21-12-13-26-49(43)54(50)39-29-27-37(28-30-39)51-44-22-8-10-24-46(44)52(42-20-7-6-16-36(42)2)47-25-11-9-23-45(47)51;/h4-38H,1-3H3;3-34H,1-2H3;1H4. The zero-order valence-electron chi connectivity index (χ0n) is 65.0. The summed E-state index contributed by atoms with van der Waals surface area (Å²) in [4.78, 5) is 4.73. The largest absolute Gasteiger partial charge is 0.310 e. The molecule has 116 heavy (non-hydrogen) atoms. The number of para-hydroxylation sites is 4. The lowest BCUT2D eigenvalue weighted by Gasteiger charge is -2.26. The first-order chi connectivity index (χ1) is 56.6. The van der Waals surface area contributed by atoms with Gasteiger partial charge in [-0.25, -0.2) is 0 Å². The van der Waals surface area contributed by atoms with Gasteiger partial charge in [-0.3, -0.25) is 0 Å². The van der Waals surface area contributed by atoms with Gasteiger partial charge in [0, 0.05) is 67.0 Å². The Balaban J connectivity index is 0.000000155. The topological polar surface area (TPSA) is 16.3 Å². The summed E-state index contributed by atoms with van der Waals surface area (Å²) in [7, 11) is 0. The molecule has 21 rings (SSSR count). The number of fused-ring (bicyclic) bond motifs is 10. The minimum atomic E-state index is 0. The molecule has 0 bridgehead atoms. The fourth-order valence-corrected chi connectivity index (χ4v) is 18.3. The number of aromatic nitrogens is 2. The molecule has 4 heteroatoms. The summed E-state index contributed by atoms with van der Waals surface area (Å²) in [5.41, 5.74) is 32.7. The monoisotopic (exact) mass is 1490 g/mol. The van der Waals surface area contributed by atoms with Crippen molar-refractivity contribution in [2.24, 2.45) is 0 Å². The van der Waals surface area contributed by atoms with Crippen LogP contribution in [0.2, 0.25) is 0 Å². The molecule has 4 nitrogen and oxygen atoms in total. The second-order valence-electron chi connectivity index (χ2n) is 30.6. The Morgan fingerprint density at radius 2 is 0.483 bits per heavy atom. The van der Waals surface area contributed by atoms with E-state index in [9.17, 15) is 0 Å². The van der Waals surface area contributed by atoms with Gasteiger partial charge in [-0.1, -0.05) is 293 Å². The first-order valence-corrected chi connectivity index (χ1v) is 39.9. The molecule has 0 atom stereocenters. The molecule has 0 spiro atoms. The molecule has 0 radical (unpaired) electrons. The Kier molecular flexibility index (Phi) is 18.6. The van der Waals surface area contributed by atoms with Crippen molar-refractivity contribution in [1.29, 1.82) is 0 Å². The van der Waals surface area contributed by atoms with Gasteiger partial charge in [0.1, 0.15) is 0 Å². The van der Waals surface area contributed by atoms with E-state index in [2.05, 4.69) is 460 Å². The molecule has 19 aromatic carbocycles. The predicted molar refractivity (Wildman–Crippen MR) is 499 cm³/mol. The highest BCUT2D eigenvalue weighted by Gasteiger charge is 2.24. The number of benzene rings is 19. The molecule has 0 fully saturated rings. The van der Waals surface area contributed by atoms with Gasteiger partial charge >= 0.3 is 0 Å². The van der Waals surface area contributed by atoms with Crippen LogP contribution < -0.4 is 9.80 Å². The minimum Gasteiger partial charge on any atom is -0.310 e. The van der Waals surface area contributed by atoms with Crippen LogP contribution >= 0.6 is 0 Å². The van der Waals surface area contributed by atoms with Crippen LogP contribution in [0.3, 0.4) is 0 Å². The van der Waals surface area contributed by atoms with Crippen LogP contribution in [0.4, 0.5) is 34.1 Å². The van der Waals surface area contributed by atoms with Crippen LogP contribution in [-0.2, 0) is 0 Å². The summed E-state index contributed by atoms with van der Waals surface area (Å²) in [5.74, 6) is 0. The molecule has 0 unspecified atom stereocenters. The molecule has 554 valence electrons. The van der Waals surface area contributed by atoms with Crippen molar-refractivity contribution in [3.63, 3.8) is 0 Å². The Morgan fingerprint density at radius 3 is 0.888 bits per heavy atom. The quantitative estimate of drug-likeness (QED) is 0.107. The lowest BCUT2D eigenvalue weighted by Crippen LogP contribution is -2.10. The van der Waals surface area contributed by atoms with Gasteiger partial charge in [0.25, 0.3) is 0 Å². The maximum absolute atomic E-state index is 2.42. The van der Waals surface area contributed by atoms with E-state index in [1.54, 1.807) is 0 Å². The van der Waals surface area contributed by atoms with E-state index in [1.807, 2.05) is 0 Å². The zero-order valence-corrected chi connectivity index (χ0v) is 65.0. The second kappa shape index (κ2) is 30.2. The summed E-state index contributed by atoms with van der Waals surface area (Å²) in [6, 6.07) is 149. The summed E-state index contributed by atoms with van der Waals surface area (Å²) >= 11 is 0. The van der Waals surface area contributed by atoms with Gasteiger partial charge in [-0.15, -0.1) is 0 Å². The van der Waals surface area contributed by atoms with Gasteiger partial charge in [0.15, 0.2) is 0 Å². The number of nitrogens with zero attached hydrogens (tertiary/aromatic N) is 4. The SMILES string of the molecule is C.Cc1cc(C)cc(N(c2ccccc2)c2ccc3c(c2)c2ccccc2n3-c2ccc(-c3c4ccccc4c(-c4ccc(-c5ccccc5C)cc4)c4ccccc34)cc2)c1.Cc1cccc(N(c2ccccc2)c2ccc3c(c2)c2ccccc2n3-c2ccc(-c3c4ccccc4c(-c4ccccc4C)c4ccccc34)cc2)c1. The molecule has 0 aliphatic rings. The maximum Gasteiger partial charge on any atom is 0.0542 e. The number of hydrogen-bond donors (Lipinski definition) is 0. The molecular formula is C112H86N4. The Labute approximate surface area is 678 Å². The molecule has 2 heterocycles. The Hall–Kier alpha value is -14.6. The highest BCUT2D eigenvalue weighted by molar-refractivity contribution is 6.23. The normalized spacial score (nSPS) is 11.4. The van der Waals surface area contributed by atoms with E-state index in [4.69, 9.17) is 0 Å². The third-order valence-corrected chi connectivity index (χ3v) is 23.3. The number of hydrogen-bond acceptors (Lipinski definition) is 2. The van der Waals surface area contributed by atoms with E-state index in [1.165, 1.54) is 170 Å². The minimum absolute atomic E-state index is 0. The summed E-state index contributed by atoms with van der Waals surface area (Å²) in [6.07, 6.45) is 0. The van der Waals surface area contributed by atoms with Crippen molar-refractivity contribution < 1.29 is 0 Å². The zero-order chi connectivity index (χ0) is 77.2. The lowest BCUT2D eigenvalue weighted by atomic mass is 9.85. The van der Waals surface area contributed by atoms with Gasteiger partial charge in [0.2, 0.25) is 0 Å². The van der Waals surface area contributed by atoms with E-state index in [0.717, 1.165) is 45.5 Å². The summed E-state index contributed by atoms with van der Waals surface area (Å²) in [5, 5.41) is 15.0. The van der Waals surface area contributed by atoms with Crippen molar-refractivity contribution >= 4 is 121 Å². The smallest absolute Gasteiger partial charge is 0.0542 e. The van der Waals surface area contributed by atoms with Gasteiger partial charge in [0.05, 0.1) is 22.1 Å². The Morgan fingerprint density at radius 1 is 0.181 bits per heavy atom. The number of aryl methyl sites for hydroxylation is 5. The highest BCUT2D eigenvalue weighted by atomic mass is 15.1. The summed E-state index contributed by atoms with van der Waals surface area (Å²) in [6.45, 7) is 10.9. The molecule has 0 N–H and O–H groups in total. The van der Waals surface area contributed by atoms with Crippen LogP contribution in [-0.4, -0.2) is 9.13 Å². The fraction of sp³-hybridized carbons (Fsp3) is 0.0536. The summed E-state index contributed by atoms with van der Waals surface area (Å²) < 4.78 is 4.83. The molecule has 0 aliphatic heterocycles. The van der Waals surface area contributed by atoms with Gasteiger partial charge in [-0.2, -0.15) is 0 Å². The second-order valence-corrected chi connectivity index (χ2v) is 30.6. The maximum atomic E-state index is 2.42. The number of rotatable bonds is 13. The van der Waals surface area contributed by atoms with E-state index in [-0.39, 0.29) is 7.43 Å². The van der Waals surface area contributed by atoms with Gasteiger partial charge < -0.3 is 18.9 Å². The molecule has 21 aromatic rings. The van der Waals surface area contributed by atoms with Crippen molar-refractivity contribution in [2.45, 2.75) is 42.0 Å². The molecule has 2 aromatic heterocycles. The van der Waals surface area contributed by atoms with Gasteiger partial charge in [-0.05, 0) is 282 Å². The van der Waals surface area contributed by atoms with E-state index in [0.29, 0.717) is 0 Å². The van der Waals surface area contributed by atoms with Crippen LogP contribution in [0.15, 0.2) is 406 Å². The third-order valence-electron chi connectivity index (χ3n) is 23.3. The molecule has 0 amide bonds. The van der Waals surface area contributed by atoms with Crippen molar-refractivity contribution in [3.05, 3.63) is 434 Å². The highest BCUT2D eigenvalue weighted by Crippen LogP contribution is 2.49. The van der Waals surface area contributed by atoms with E-state index < -0.39 is 0 Å². The van der Waals surface area contributed by atoms with Crippen LogP contribution in [0.5, 0.6) is 0 Å². The van der Waals surface area contributed by atoms with Crippen molar-refractivity contribution in [3.8, 4) is 67.0 Å². The lowest BCUT2D eigenvalue weighted by molar-refractivity contribution is 1.18. The Bertz CT molecular complexity index is 7180. The average Bonchev–Trinajstić information content (AvgIpc) is 0.823. The van der Waals surface area contributed by atoms with Crippen LogP contribution in [0.1, 0.15) is 35.2 Å². The first kappa shape index (κ1) is 71.7. The third kappa shape index (κ3) is 12.7.